The molecule has 1 aromatic carbocycles. The summed E-state index contributed by atoms with van der Waals surface area (Å²) >= 11 is 0. The fourth-order valence-corrected chi connectivity index (χ4v) is 2.35. The van der Waals surface area contributed by atoms with Gasteiger partial charge in [0.2, 0.25) is 0 Å². The molecule has 2 aromatic heterocycles. The van der Waals surface area contributed by atoms with E-state index in [0.29, 0.717) is 11.7 Å². The Bertz CT molecular complexity index is 801. The fraction of sp³-hybridized carbons (Fsp3) is 0.214. The Balaban J connectivity index is 1.52. The van der Waals surface area contributed by atoms with E-state index in [0.717, 1.165) is 29.7 Å². The molecule has 7 heteroatoms. The third kappa shape index (κ3) is 2.17. The first kappa shape index (κ1) is 12.1. The van der Waals surface area contributed by atoms with Gasteiger partial charge in [0.25, 0.3) is 5.91 Å². The summed E-state index contributed by atoms with van der Waals surface area (Å²) in [5.41, 5.74) is 2.11. The van der Waals surface area contributed by atoms with E-state index in [9.17, 15) is 4.79 Å². The smallest absolute Gasteiger partial charge is 0.277 e. The first-order valence-corrected chi connectivity index (χ1v) is 6.81. The lowest BCUT2D eigenvalue weighted by atomic mass is 10.2. The van der Waals surface area contributed by atoms with Gasteiger partial charge >= 0.3 is 0 Å². The summed E-state index contributed by atoms with van der Waals surface area (Å²) in [6, 6.07) is 7.98. The lowest BCUT2D eigenvalue weighted by molar-refractivity contribution is 0.102. The van der Waals surface area contributed by atoms with Gasteiger partial charge in [-0.05, 0) is 24.3 Å². The molecule has 0 aliphatic carbocycles. The first-order chi connectivity index (χ1) is 10.3. The summed E-state index contributed by atoms with van der Waals surface area (Å²) in [6.45, 7) is 1.74. The third-order valence-corrected chi connectivity index (χ3v) is 3.69. The minimum absolute atomic E-state index is 0.247. The van der Waals surface area contributed by atoms with Gasteiger partial charge in [-0.15, -0.1) is 5.10 Å². The van der Waals surface area contributed by atoms with Crippen LogP contribution in [0, 0.1) is 0 Å². The highest BCUT2D eigenvalue weighted by Crippen LogP contribution is 2.18. The number of nitrogens with one attached hydrogen (secondary N) is 3. The molecule has 1 aliphatic rings. The van der Waals surface area contributed by atoms with Gasteiger partial charge in [0.1, 0.15) is 0 Å². The standard InChI is InChI=1S/C14H14N6O/c21-14(13-8-20(19-18-13)11-6-15-7-11)17-10-1-2-12-9(5-10)3-4-16-12/h1-5,8,11,15-16H,6-7H2,(H,17,21). The minimum atomic E-state index is -0.247. The Kier molecular flexibility index (Phi) is 2.71. The zero-order valence-electron chi connectivity index (χ0n) is 11.2. The van der Waals surface area contributed by atoms with Crippen molar-refractivity contribution in [2.75, 3.05) is 18.4 Å². The van der Waals surface area contributed by atoms with Crippen molar-refractivity contribution < 1.29 is 4.79 Å². The number of fused-ring (bicyclic) bond motifs is 1. The Hall–Kier alpha value is -2.67. The predicted molar refractivity (Wildman–Crippen MR) is 78.2 cm³/mol. The summed E-state index contributed by atoms with van der Waals surface area (Å²) in [4.78, 5) is 15.3. The molecule has 1 amide bonds. The van der Waals surface area contributed by atoms with Crippen LogP contribution in [0.4, 0.5) is 5.69 Å². The fourth-order valence-electron chi connectivity index (χ4n) is 2.35. The van der Waals surface area contributed by atoms with Crippen molar-refractivity contribution in [3.8, 4) is 0 Å². The quantitative estimate of drug-likeness (QED) is 0.672. The Morgan fingerprint density at radius 3 is 3.05 bits per heavy atom. The molecular formula is C14H14N6O. The molecule has 0 bridgehead atoms. The lowest BCUT2D eigenvalue weighted by Crippen LogP contribution is -2.43. The van der Waals surface area contributed by atoms with Gasteiger partial charge < -0.3 is 15.6 Å². The zero-order chi connectivity index (χ0) is 14.2. The topological polar surface area (TPSA) is 87.6 Å². The molecule has 1 fully saturated rings. The van der Waals surface area contributed by atoms with Crippen molar-refractivity contribution in [2.45, 2.75) is 6.04 Å². The predicted octanol–water partition coefficient (Wildman–Crippen LogP) is 1.16. The van der Waals surface area contributed by atoms with E-state index in [4.69, 9.17) is 0 Å². The van der Waals surface area contributed by atoms with Crippen molar-refractivity contribution in [1.29, 1.82) is 0 Å². The second kappa shape index (κ2) is 4.71. The Morgan fingerprint density at radius 2 is 2.24 bits per heavy atom. The minimum Gasteiger partial charge on any atom is -0.361 e. The average Bonchev–Trinajstić information content (AvgIpc) is 3.04. The molecule has 0 spiro atoms. The molecule has 1 saturated heterocycles. The molecule has 0 unspecified atom stereocenters. The summed E-state index contributed by atoms with van der Waals surface area (Å²) < 4.78 is 1.74. The van der Waals surface area contributed by atoms with Crippen LogP contribution in [0.5, 0.6) is 0 Å². The van der Waals surface area contributed by atoms with Crippen molar-refractivity contribution >= 4 is 22.5 Å². The maximum atomic E-state index is 12.2. The number of nitrogens with zero attached hydrogens (tertiary/aromatic N) is 3. The van der Waals surface area contributed by atoms with Crippen molar-refractivity contribution in [3.63, 3.8) is 0 Å². The van der Waals surface area contributed by atoms with Crippen LogP contribution in [-0.2, 0) is 0 Å². The molecule has 106 valence electrons. The molecule has 21 heavy (non-hydrogen) atoms. The normalized spacial score (nSPS) is 15.0. The molecule has 3 N–H and O–H groups in total. The monoisotopic (exact) mass is 282 g/mol. The summed E-state index contributed by atoms with van der Waals surface area (Å²) in [7, 11) is 0. The Labute approximate surface area is 120 Å². The van der Waals surface area contributed by atoms with Gasteiger partial charge in [-0.25, -0.2) is 4.68 Å². The number of hydrogen-bond acceptors (Lipinski definition) is 4. The zero-order valence-corrected chi connectivity index (χ0v) is 11.2. The number of amides is 1. The van der Waals surface area contributed by atoms with Gasteiger partial charge in [0.05, 0.1) is 12.2 Å². The van der Waals surface area contributed by atoms with Gasteiger partial charge in [-0.1, -0.05) is 5.21 Å². The number of benzene rings is 1. The molecule has 3 aromatic rings. The maximum absolute atomic E-state index is 12.2. The van der Waals surface area contributed by atoms with E-state index in [1.807, 2.05) is 30.5 Å². The first-order valence-electron chi connectivity index (χ1n) is 6.81. The van der Waals surface area contributed by atoms with Crippen LogP contribution in [0.2, 0.25) is 0 Å². The molecular weight excluding hydrogens is 268 g/mol. The Morgan fingerprint density at radius 1 is 1.33 bits per heavy atom. The van der Waals surface area contributed by atoms with Crippen LogP contribution in [0.1, 0.15) is 16.5 Å². The summed E-state index contributed by atoms with van der Waals surface area (Å²) in [5, 5.41) is 15.0. The van der Waals surface area contributed by atoms with E-state index in [1.165, 1.54) is 0 Å². The van der Waals surface area contributed by atoms with Crippen LogP contribution < -0.4 is 10.6 Å². The number of aromatic amines is 1. The van der Waals surface area contributed by atoms with Crippen molar-refractivity contribution in [2.24, 2.45) is 0 Å². The number of hydrogen-bond donors (Lipinski definition) is 3. The van der Waals surface area contributed by atoms with Gasteiger partial charge in [0, 0.05) is 35.9 Å². The lowest BCUT2D eigenvalue weighted by Gasteiger charge is -2.26. The molecule has 0 saturated carbocycles. The number of carbonyl (C=O) groups excluding carboxylic acids is 1. The second-order valence-electron chi connectivity index (χ2n) is 5.13. The van der Waals surface area contributed by atoms with Crippen LogP contribution in [0.15, 0.2) is 36.7 Å². The number of H-pyrrole nitrogens is 1. The highest BCUT2D eigenvalue weighted by molar-refractivity contribution is 6.03. The van der Waals surface area contributed by atoms with E-state index >= 15 is 0 Å². The van der Waals surface area contributed by atoms with E-state index in [1.54, 1.807) is 10.9 Å². The molecule has 0 radical (unpaired) electrons. The van der Waals surface area contributed by atoms with Crippen LogP contribution in [0.3, 0.4) is 0 Å². The SMILES string of the molecule is O=C(Nc1ccc2[nH]ccc2c1)c1cn(C2CNC2)nn1. The molecule has 7 nitrogen and oxygen atoms in total. The summed E-state index contributed by atoms with van der Waals surface area (Å²) in [6.07, 6.45) is 3.56. The van der Waals surface area contributed by atoms with Crippen molar-refractivity contribution in [3.05, 3.63) is 42.4 Å². The molecule has 3 heterocycles. The van der Waals surface area contributed by atoms with E-state index < -0.39 is 0 Å². The number of anilines is 1. The van der Waals surface area contributed by atoms with E-state index in [-0.39, 0.29) is 5.91 Å². The van der Waals surface area contributed by atoms with Crippen LogP contribution >= 0.6 is 0 Å². The molecule has 1 aliphatic heterocycles. The van der Waals surface area contributed by atoms with Crippen molar-refractivity contribution in [1.82, 2.24) is 25.3 Å². The molecule has 0 atom stereocenters. The van der Waals surface area contributed by atoms with E-state index in [2.05, 4.69) is 25.9 Å². The van der Waals surface area contributed by atoms with Gasteiger partial charge in [-0.3, -0.25) is 4.79 Å². The highest BCUT2D eigenvalue weighted by atomic mass is 16.2. The van der Waals surface area contributed by atoms with Crippen LogP contribution in [0.25, 0.3) is 10.9 Å². The molecule has 4 rings (SSSR count). The van der Waals surface area contributed by atoms with Gasteiger partial charge in [0.15, 0.2) is 5.69 Å². The highest BCUT2D eigenvalue weighted by Gasteiger charge is 2.21. The summed E-state index contributed by atoms with van der Waals surface area (Å²) in [5.74, 6) is -0.247. The second-order valence-corrected chi connectivity index (χ2v) is 5.13. The number of rotatable bonds is 3. The number of carbonyl (C=O) groups is 1. The number of aromatic nitrogens is 4. The van der Waals surface area contributed by atoms with Crippen LogP contribution in [-0.4, -0.2) is 39.0 Å². The largest absolute Gasteiger partial charge is 0.361 e. The van der Waals surface area contributed by atoms with Gasteiger partial charge in [-0.2, -0.15) is 0 Å². The third-order valence-electron chi connectivity index (χ3n) is 3.69. The maximum Gasteiger partial charge on any atom is 0.277 e. The average molecular weight is 282 g/mol.